The normalized spacial score (nSPS) is 11.4. The molecule has 0 N–H and O–H groups in total. The van der Waals surface area contributed by atoms with Crippen molar-refractivity contribution in [3.8, 4) is 0 Å². The number of hydrogen-bond donors (Lipinski definition) is 0. The molecule has 68 valence electrons. The van der Waals surface area contributed by atoms with E-state index in [1.807, 2.05) is 0 Å². The largest absolute Gasteiger partial charge is 0.344 e. The SMILES string of the molecule is CC(C)n1cc(I)c2ccccc21. The molecule has 0 fully saturated rings. The van der Waals surface area contributed by atoms with Crippen LogP contribution in [0.2, 0.25) is 0 Å². The molecule has 0 aliphatic carbocycles. The van der Waals surface area contributed by atoms with Gasteiger partial charge in [-0.2, -0.15) is 0 Å². The van der Waals surface area contributed by atoms with Gasteiger partial charge in [0.1, 0.15) is 0 Å². The molecule has 0 unspecified atom stereocenters. The summed E-state index contributed by atoms with van der Waals surface area (Å²) < 4.78 is 3.65. The van der Waals surface area contributed by atoms with Crippen molar-refractivity contribution in [3.05, 3.63) is 34.0 Å². The first kappa shape index (κ1) is 9.06. The van der Waals surface area contributed by atoms with Crippen molar-refractivity contribution in [1.82, 2.24) is 4.57 Å². The van der Waals surface area contributed by atoms with Crippen molar-refractivity contribution >= 4 is 33.5 Å². The van der Waals surface area contributed by atoms with Gasteiger partial charge in [0.2, 0.25) is 0 Å². The van der Waals surface area contributed by atoms with Gasteiger partial charge in [-0.3, -0.25) is 0 Å². The summed E-state index contributed by atoms with van der Waals surface area (Å²) in [4.78, 5) is 0. The van der Waals surface area contributed by atoms with Crippen LogP contribution >= 0.6 is 22.6 Å². The number of fused-ring (bicyclic) bond motifs is 1. The molecule has 0 aliphatic heterocycles. The average molecular weight is 285 g/mol. The van der Waals surface area contributed by atoms with Crippen molar-refractivity contribution in [3.63, 3.8) is 0 Å². The Morgan fingerprint density at radius 1 is 1.23 bits per heavy atom. The molecule has 0 spiro atoms. The summed E-state index contributed by atoms with van der Waals surface area (Å²) in [6.07, 6.45) is 2.22. The Morgan fingerprint density at radius 3 is 2.62 bits per heavy atom. The molecule has 2 heteroatoms. The van der Waals surface area contributed by atoms with Crippen LogP contribution in [-0.2, 0) is 0 Å². The van der Waals surface area contributed by atoms with E-state index in [0.717, 1.165) is 0 Å². The third kappa shape index (κ3) is 1.47. The smallest absolute Gasteiger partial charge is 0.0493 e. The van der Waals surface area contributed by atoms with Gasteiger partial charge in [-0.1, -0.05) is 18.2 Å². The minimum Gasteiger partial charge on any atom is -0.344 e. The number of halogens is 1. The second-order valence-corrected chi connectivity index (χ2v) is 4.66. The first-order valence-electron chi connectivity index (χ1n) is 4.45. The fourth-order valence-corrected chi connectivity index (χ4v) is 2.35. The van der Waals surface area contributed by atoms with E-state index >= 15 is 0 Å². The second kappa shape index (κ2) is 3.33. The molecule has 0 saturated carbocycles. The fraction of sp³-hybridized carbons (Fsp3) is 0.273. The predicted molar refractivity (Wildman–Crippen MR) is 65.0 cm³/mol. The molecule has 1 nitrogen and oxygen atoms in total. The van der Waals surface area contributed by atoms with Crippen molar-refractivity contribution in [2.45, 2.75) is 19.9 Å². The topological polar surface area (TPSA) is 4.93 Å². The first-order valence-corrected chi connectivity index (χ1v) is 5.53. The van der Waals surface area contributed by atoms with E-state index in [1.54, 1.807) is 0 Å². The van der Waals surface area contributed by atoms with Gasteiger partial charge in [-0.05, 0) is 42.5 Å². The Labute approximate surface area is 91.9 Å². The molecule has 1 heterocycles. The Kier molecular flexibility index (Phi) is 2.32. The maximum atomic E-state index is 2.39. The van der Waals surface area contributed by atoms with E-state index in [-0.39, 0.29) is 0 Å². The van der Waals surface area contributed by atoms with Gasteiger partial charge >= 0.3 is 0 Å². The molecule has 13 heavy (non-hydrogen) atoms. The maximum absolute atomic E-state index is 2.39. The van der Waals surface area contributed by atoms with Gasteiger partial charge in [0.15, 0.2) is 0 Å². The number of para-hydroxylation sites is 1. The van der Waals surface area contributed by atoms with Gasteiger partial charge < -0.3 is 4.57 Å². The van der Waals surface area contributed by atoms with Crippen molar-refractivity contribution in [2.75, 3.05) is 0 Å². The van der Waals surface area contributed by atoms with Crippen LogP contribution in [0.25, 0.3) is 10.9 Å². The van der Waals surface area contributed by atoms with Crippen LogP contribution in [0.5, 0.6) is 0 Å². The van der Waals surface area contributed by atoms with Crippen molar-refractivity contribution in [2.24, 2.45) is 0 Å². The van der Waals surface area contributed by atoms with Gasteiger partial charge in [-0.15, -0.1) is 0 Å². The zero-order chi connectivity index (χ0) is 9.42. The monoisotopic (exact) mass is 285 g/mol. The minimum absolute atomic E-state index is 0.536. The standard InChI is InChI=1S/C11H12IN/c1-8(2)13-7-10(12)9-5-3-4-6-11(9)13/h3-8H,1-2H3. The Balaban J connectivity index is 2.78. The molecule has 0 saturated heterocycles. The minimum atomic E-state index is 0.536. The zero-order valence-corrected chi connectivity index (χ0v) is 9.95. The van der Waals surface area contributed by atoms with Gasteiger partial charge in [-0.25, -0.2) is 0 Å². The van der Waals surface area contributed by atoms with Crippen LogP contribution in [0.1, 0.15) is 19.9 Å². The van der Waals surface area contributed by atoms with E-state index in [2.05, 4.69) is 71.5 Å². The maximum Gasteiger partial charge on any atom is 0.0493 e. The van der Waals surface area contributed by atoms with Crippen LogP contribution in [0.3, 0.4) is 0 Å². The predicted octanol–water partition coefficient (Wildman–Crippen LogP) is 3.83. The molecule has 0 atom stereocenters. The molecule has 0 radical (unpaired) electrons. The van der Waals surface area contributed by atoms with Gasteiger partial charge in [0, 0.05) is 26.7 Å². The Hall–Kier alpha value is -0.510. The highest BCUT2D eigenvalue weighted by molar-refractivity contribution is 14.1. The summed E-state index contributed by atoms with van der Waals surface area (Å²) >= 11 is 2.39. The van der Waals surface area contributed by atoms with Gasteiger partial charge in [0.05, 0.1) is 0 Å². The van der Waals surface area contributed by atoms with E-state index < -0.39 is 0 Å². The zero-order valence-electron chi connectivity index (χ0n) is 7.79. The highest BCUT2D eigenvalue weighted by atomic mass is 127. The molecular weight excluding hydrogens is 273 g/mol. The van der Waals surface area contributed by atoms with Crippen LogP contribution in [0.4, 0.5) is 0 Å². The fourth-order valence-electron chi connectivity index (χ4n) is 1.59. The van der Waals surface area contributed by atoms with Crippen LogP contribution < -0.4 is 0 Å². The van der Waals surface area contributed by atoms with E-state index in [4.69, 9.17) is 0 Å². The lowest BCUT2D eigenvalue weighted by Gasteiger charge is -2.08. The van der Waals surface area contributed by atoms with Crippen LogP contribution in [0, 0.1) is 3.57 Å². The van der Waals surface area contributed by atoms with E-state index in [0.29, 0.717) is 6.04 Å². The Bertz CT molecular complexity index is 429. The first-order chi connectivity index (χ1) is 6.20. The lowest BCUT2D eigenvalue weighted by molar-refractivity contribution is 0.622. The van der Waals surface area contributed by atoms with Crippen LogP contribution in [0.15, 0.2) is 30.5 Å². The highest BCUT2D eigenvalue weighted by Gasteiger charge is 2.06. The lowest BCUT2D eigenvalue weighted by Crippen LogP contribution is -1.97. The van der Waals surface area contributed by atoms with Crippen molar-refractivity contribution in [1.29, 1.82) is 0 Å². The van der Waals surface area contributed by atoms with Crippen LogP contribution in [-0.4, -0.2) is 4.57 Å². The third-order valence-corrected chi connectivity index (χ3v) is 3.11. The number of rotatable bonds is 1. The Morgan fingerprint density at radius 2 is 1.92 bits per heavy atom. The molecule has 1 aromatic heterocycles. The lowest BCUT2D eigenvalue weighted by atomic mass is 10.2. The molecular formula is C11H12IN. The summed E-state index contributed by atoms with van der Waals surface area (Å²) in [5.41, 5.74) is 1.34. The molecule has 0 amide bonds. The van der Waals surface area contributed by atoms with E-state index in [1.165, 1.54) is 14.5 Å². The quantitative estimate of drug-likeness (QED) is 0.702. The molecule has 0 aliphatic rings. The summed E-state index contributed by atoms with van der Waals surface area (Å²) in [5, 5.41) is 1.36. The molecule has 1 aromatic carbocycles. The third-order valence-electron chi connectivity index (χ3n) is 2.25. The second-order valence-electron chi connectivity index (χ2n) is 3.50. The number of benzene rings is 1. The number of nitrogens with zero attached hydrogens (tertiary/aromatic N) is 1. The summed E-state index contributed by atoms with van der Waals surface area (Å²) in [6, 6.07) is 9.08. The molecule has 2 rings (SSSR count). The number of aromatic nitrogens is 1. The van der Waals surface area contributed by atoms with Gasteiger partial charge in [0.25, 0.3) is 0 Å². The molecule has 0 bridgehead atoms. The molecule has 2 aromatic rings. The average Bonchev–Trinajstić information content (AvgIpc) is 2.45. The summed E-state index contributed by atoms with van der Waals surface area (Å²) in [5.74, 6) is 0. The highest BCUT2D eigenvalue weighted by Crippen LogP contribution is 2.25. The number of hydrogen-bond acceptors (Lipinski definition) is 0. The summed E-state index contributed by atoms with van der Waals surface area (Å²) in [7, 11) is 0. The van der Waals surface area contributed by atoms with Crippen molar-refractivity contribution < 1.29 is 0 Å². The van der Waals surface area contributed by atoms with E-state index in [9.17, 15) is 0 Å². The summed E-state index contributed by atoms with van der Waals surface area (Å²) in [6.45, 7) is 4.42.